The van der Waals surface area contributed by atoms with Gasteiger partial charge in [-0.25, -0.2) is 0 Å². The quantitative estimate of drug-likeness (QED) is 0.504. The van der Waals surface area contributed by atoms with E-state index in [0.717, 1.165) is 11.3 Å². The highest BCUT2D eigenvalue weighted by molar-refractivity contribution is 6.16. The Kier molecular flexibility index (Phi) is 5.40. The number of hydrogen-bond donors (Lipinski definition) is 1. The molecule has 0 saturated heterocycles. The molecule has 1 N–H and O–H groups in total. The highest BCUT2D eigenvalue weighted by Crippen LogP contribution is 2.16. The molecule has 0 aliphatic rings. The number of ketones is 2. The number of carbonyl (C=O) groups is 2. The summed E-state index contributed by atoms with van der Waals surface area (Å²) in [6, 6.07) is 25.5. The number of aryl methyl sites for hydroxylation is 1. The van der Waals surface area contributed by atoms with E-state index in [1.807, 2.05) is 43.3 Å². The van der Waals surface area contributed by atoms with Gasteiger partial charge in [-0.15, -0.1) is 0 Å². The van der Waals surface area contributed by atoms with Gasteiger partial charge in [0.05, 0.1) is 5.70 Å². The largest absolute Gasteiger partial charge is 0.352 e. The van der Waals surface area contributed by atoms with Gasteiger partial charge < -0.3 is 5.32 Å². The van der Waals surface area contributed by atoms with Gasteiger partial charge in [-0.2, -0.15) is 0 Å². The zero-order valence-corrected chi connectivity index (χ0v) is 14.5. The highest BCUT2D eigenvalue weighted by Gasteiger charge is 2.15. The number of anilines is 1. The first-order valence-corrected chi connectivity index (χ1v) is 8.38. The fraction of sp³-hybridized carbons (Fsp3) is 0.0435. The van der Waals surface area contributed by atoms with Gasteiger partial charge in [-0.1, -0.05) is 78.4 Å². The molecule has 0 unspecified atom stereocenters. The molecule has 0 aliphatic heterocycles. The van der Waals surface area contributed by atoms with E-state index in [4.69, 9.17) is 0 Å². The maximum atomic E-state index is 12.9. The van der Waals surface area contributed by atoms with Crippen molar-refractivity contribution < 1.29 is 9.59 Å². The normalized spacial score (nSPS) is 11.0. The maximum absolute atomic E-state index is 12.9. The van der Waals surface area contributed by atoms with Crippen LogP contribution in [0.5, 0.6) is 0 Å². The van der Waals surface area contributed by atoms with E-state index >= 15 is 0 Å². The number of rotatable bonds is 6. The molecule has 0 bridgehead atoms. The summed E-state index contributed by atoms with van der Waals surface area (Å²) in [5.74, 6) is -0.444. The van der Waals surface area contributed by atoms with Crippen molar-refractivity contribution in [3.63, 3.8) is 0 Å². The van der Waals surface area contributed by atoms with Crippen LogP contribution in [0.2, 0.25) is 0 Å². The predicted octanol–water partition coefficient (Wildman–Crippen LogP) is 5.06. The third-order valence-corrected chi connectivity index (χ3v) is 3.94. The number of hydrogen-bond acceptors (Lipinski definition) is 3. The summed E-state index contributed by atoms with van der Waals surface area (Å²) >= 11 is 0. The summed E-state index contributed by atoms with van der Waals surface area (Å²) in [6.45, 7) is 1.99. The smallest absolute Gasteiger partial charge is 0.209 e. The van der Waals surface area contributed by atoms with E-state index in [9.17, 15) is 9.59 Å². The number of carbonyl (C=O) groups excluding carboxylic acids is 2. The van der Waals surface area contributed by atoms with Gasteiger partial charge in [0.15, 0.2) is 5.78 Å². The Labute approximate surface area is 153 Å². The SMILES string of the molecule is Cc1ccc(N/C(=C/C(=O)c2ccccc2)C(=O)c2ccccc2)cc1. The van der Waals surface area contributed by atoms with E-state index in [1.54, 1.807) is 48.5 Å². The van der Waals surface area contributed by atoms with Crippen LogP contribution in [0.25, 0.3) is 0 Å². The predicted molar refractivity (Wildman–Crippen MR) is 104 cm³/mol. The van der Waals surface area contributed by atoms with Crippen LogP contribution < -0.4 is 5.32 Å². The first-order chi connectivity index (χ1) is 12.6. The van der Waals surface area contributed by atoms with E-state index in [2.05, 4.69) is 5.32 Å². The zero-order valence-electron chi connectivity index (χ0n) is 14.5. The Morgan fingerprint density at radius 1 is 0.731 bits per heavy atom. The minimum Gasteiger partial charge on any atom is -0.352 e. The fourth-order valence-corrected chi connectivity index (χ4v) is 2.51. The Hall–Kier alpha value is -3.46. The van der Waals surface area contributed by atoms with Crippen molar-refractivity contribution in [1.82, 2.24) is 0 Å². The first kappa shape index (κ1) is 17.4. The molecule has 3 aromatic rings. The van der Waals surface area contributed by atoms with Gasteiger partial charge in [-0.3, -0.25) is 9.59 Å². The lowest BCUT2D eigenvalue weighted by molar-refractivity contribution is 0.101. The van der Waals surface area contributed by atoms with Gasteiger partial charge >= 0.3 is 0 Å². The van der Waals surface area contributed by atoms with Crippen LogP contribution >= 0.6 is 0 Å². The first-order valence-electron chi connectivity index (χ1n) is 8.38. The Bertz CT molecular complexity index is 927. The van der Waals surface area contributed by atoms with E-state index in [-0.39, 0.29) is 17.3 Å². The molecule has 0 amide bonds. The molecule has 3 nitrogen and oxygen atoms in total. The van der Waals surface area contributed by atoms with Crippen LogP contribution in [0, 0.1) is 6.92 Å². The van der Waals surface area contributed by atoms with Crippen molar-refractivity contribution in [2.24, 2.45) is 0 Å². The van der Waals surface area contributed by atoms with Crippen molar-refractivity contribution in [2.45, 2.75) is 6.92 Å². The third-order valence-electron chi connectivity index (χ3n) is 3.94. The van der Waals surface area contributed by atoms with E-state index in [0.29, 0.717) is 11.1 Å². The van der Waals surface area contributed by atoms with Crippen molar-refractivity contribution >= 4 is 17.3 Å². The average molecular weight is 341 g/mol. The summed E-state index contributed by atoms with van der Waals surface area (Å²) in [4.78, 5) is 25.5. The molecule has 0 fully saturated rings. The molecule has 0 atom stereocenters. The van der Waals surface area contributed by atoms with Gasteiger partial charge in [0, 0.05) is 22.9 Å². The second kappa shape index (κ2) is 8.08. The fourth-order valence-electron chi connectivity index (χ4n) is 2.51. The number of nitrogens with one attached hydrogen (secondary N) is 1. The van der Waals surface area contributed by atoms with Crippen LogP contribution in [-0.4, -0.2) is 11.6 Å². The van der Waals surface area contributed by atoms with Crippen LogP contribution in [0.1, 0.15) is 26.3 Å². The highest BCUT2D eigenvalue weighted by atomic mass is 16.1. The lowest BCUT2D eigenvalue weighted by Crippen LogP contribution is -2.14. The van der Waals surface area contributed by atoms with Crippen LogP contribution in [0.4, 0.5) is 5.69 Å². The second-order valence-electron chi connectivity index (χ2n) is 5.97. The molecule has 0 radical (unpaired) electrons. The molecular formula is C23H19NO2. The van der Waals surface area contributed by atoms with E-state index < -0.39 is 0 Å². The molecule has 0 aliphatic carbocycles. The molecule has 3 aromatic carbocycles. The molecule has 0 heterocycles. The number of allylic oxidation sites excluding steroid dienone is 2. The summed E-state index contributed by atoms with van der Waals surface area (Å²) in [6.07, 6.45) is 1.37. The number of Topliss-reactive ketones (excluding diaryl/α,β-unsaturated/α-hetero) is 1. The van der Waals surface area contributed by atoms with Gasteiger partial charge in [0.2, 0.25) is 5.78 Å². The monoisotopic (exact) mass is 341 g/mol. The molecule has 0 saturated carbocycles. The van der Waals surface area contributed by atoms with Crippen molar-refractivity contribution in [1.29, 1.82) is 0 Å². The van der Waals surface area contributed by atoms with Crippen LogP contribution in [-0.2, 0) is 0 Å². The lowest BCUT2D eigenvalue weighted by Gasteiger charge is -2.11. The molecule has 0 aromatic heterocycles. The Morgan fingerprint density at radius 3 is 1.85 bits per heavy atom. The van der Waals surface area contributed by atoms with Crippen molar-refractivity contribution in [3.05, 3.63) is 113 Å². The summed E-state index contributed by atoms with van der Waals surface area (Å²) in [5, 5.41) is 3.10. The topological polar surface area (TPSA) is 46.2 Å². The van der Waals surface area contributed by atoms with Crippen LogP contribution in [0.3, 0.4) is 0 Å². The average Bonchev–Trinajstić information content (AvgIpc) is 2.70. The minimum absolute atomic E-state index is 0.218. The van der Waals surface area contributed by atoms with Crippen molar-refractivity contribution in [2.75, 3.05) is 5.32 Å². The van der Waals surface area contributed by atoms with Gasteiger partial charge in [-0.05, 0) is 19.1 Å². The second-order valence-corrected chi connectivity index (χ2v) is 5.97. The standard InChI is InChI=1S/C23H19NO2/c1-17-12-14-20(15-13-17)24-21(23(26)19-10-6-3-7-11-19)16-22(25)18-8-4-2-5-9-18/h2-16,24H,1H3/b21-16+. The molecule has 3 heteroatoms. The molecule has 3 rings (SSSR count). The number of benzene rings is 3. The maximum Gasteiger partial charge on any atom is 0.209 e. The molecule has 0 spiro atoms. The molecule has 128 valence electrons. The van der Waals surface area contributed by atoms with Gasteiger partial charge in [0.1, 0.15) is 0 Å². The summed E-state index contributed by atoms with van der Waals surface area (Å²) < 4.78 is 0. The van der Waals surface area contributed by atoms with Crippen LogP contribution in [0.15, 0.2) is 96.7 Å². The molecule has 26 heavy (non-hydrogen) atoms. The van der Waals surface area contributed by atoms with Gasteiger partial charge in [0.25, 0.3) is 0 Å². The Morgan fingerprint density at radius 2 is 1.27 bits per heavy atom. The summed E-state index contributed by atoms with van der Waals surface area (Å²) in [7, 11) is 0. The van der Waals surface area contributed by atoms with E-state index in [1.165, 1.54) is 6.08 Å². The summed E-state index contributed by atoms with van der Waals surface area (Å²) in [5.41, 5.74) is 3.19. The molecular weight excluding hydrogens is 322 g/mol. The Balaban J connectivity index is 1.95. The third kappa shape index (κ3) is 4.33. The minimum atomic E-state index is -0.226. The lowest BCUT2D eigenvalue weighted by atomic mass is 10.0. The van der Waals surface area contributed by atoms with Crippen molar-refractivity contribution in [3.8, 4) is 0 Å². The zero-order chi connectivity index (χ0) is 18.4.